The molecule has 0 aliphatic heterocycles. The van der Waals surface area contributed by atoms with Gasteiger partial charge in [0.25, 0.3) is 0 Å². The molecule has 0 atom stereocenters. The van der Waals surface area contributed by atoms with Gasteiger partial charge in [-0.15, -0.1) is 11.3 Å². The zero-order valence-electron chi connectivity index (χ0n) is 11.2. The first kappa shape index (κ1) is 12.2. The summed E-state index contributed by atoms with van der Waals surface area (Å²) >= 11 is 1.62. The van der Waals surface area contributed by atoms with Crippen LogP contribution in [0.4, 0.5) is 5.82 Å². The van der Waals surface area contributed by atoms with Crippen LogP contribution in [0.25, 0.3) is 20.4 Å². The van der Waals surface area contributed by atoms with Crippen LogP contribution >= 0.6 is 11.3 Å². The fourth-order valence-corrected chi connectivity index (χ4v) is 3.38. The minimum absolute atomic E-state index is 0.745. The van der Waals surface area contributed by atoms with Crippen molar-refractivity contribution >= 4 is 37.6 Å². The molecule has 1 N–H and O–H groups in total. The monoisotopic (exact) mass is 292 g/mol. The van der Waals surface area contributed by atoms with Crippen LogP contribution in [0.2, 0.25) is 0 Å². The number of aromatic nitrogens is 3. The van der Waals surface area contributed by atoms with Crippen molar-refractivity contribution in [3.63, 3.8) is 0 Å². The summed E-state index contributed by atoms with van der Waals surface area (Å²) in [4.78, 5) is 14.2. The zero-order chi connectivity index (χ0) is 14.1. The van der Waals surface area contributed by atoms with Crippen LogP contribution in [0.5, 0.6) is 0 Å². The van der Waals surface area contributed by atoms with Crippen LogP contribution in [-0.2, 0) is 6.54 Å². The average Bonchev–Trinajstić information content (AvgIpc) is 2.93. The van der Waals surface area contributed by atoms with Gasteiger partial charge in [0, 0.05) is 18.1 Å². The van der Waals surface area contributed by atoms with E-state index in [2.05, 4.69) is 38.5 Å². The van der Waals surface area contributed by atoms with Gasteiger partial charge in [0.2, 0.25) is 0 Å². The van der Waals surface area contributed by atoms with Gasteiger partial charge >= 0.3 is 0 Å². The molecule has 102 valence electrons. The third-order valence-electron chi connectivity index (χ3n) is 3.33. The van der Waals surface area contributed by atoms with Crippen LogP contribution in [0, 0.1) is 0 Å². The molecule has 0 aliphatic carbocycles. The second-order valence-electron chi connectivity index (χ2n) is 4.70. The van der Waals surface area contributed by atoms with Crippen molar-refractivity contribution in [3.05, 3.63) is 60.6 Å². The Morgan fingerprint density at radius 1 is 0.952 bits per heavy atom. The molecule has 5 heteroatoms. The summed E-state index contributed by atoms with van der Waals surface area (Å²) < 4.78 is 1.06. The van der Waals surface area contributed by atoms with E-state index in [1.54, 1.807) is 17.7 Å². The molecule has 0 saturated heterocycles. The van der Waals surface area contributed by atoms with E-state index in [-0.39, 0.29) is 0 Å². The molecule has 0 aliphatic rings. The number of rotatable bonds is 3. The minimum Gasteiger partial charge on any atom is -0.365 e. The summed E-state index contributed by atoms with van der Waals surface area (Å²) in [5, 5.41) is 4.48. The van der Waals surface area contributed by atoms with Crippen LogP contribution < -0.4 is 5.32 Å². The molecular weight excluding hydrogens is 280 g/mol. The van der Waals surface area contributed by atoms with Crippen molar-refractivity contribution in [2.24, 2.45) is 0 Å². The highest BCUT2D eigenvalue weighted by molar-refractivity contribution is 7.25. The summed E-state index contributed by atoms with van der Waals surface area (Å²) in [6.45, 7) is 0.745. The van der Waals surface area contributed by atoms with Gasteiger partial charge in [0.1, 0.15) is 17.0 Å². The summed E-state index contributed by atoms with van der Waals surface area (Å²) in [6.07, 6.45) is 3.41. The fourth-order valence-electron chi connectivity index (χ4n) is 2.32. The van der Waals surface area contributed by atoms with Crippen LogP contribution in [-0.4, -0.2) is 15.0 Å². The van der Waals surface area contributed by atoms with Gasteiger partial charge < -0.3 is 5.32 Å². The smallest absolute Gasteiger partial charge is 0.147 e. The fraction of sp³-hybridized carbons (Fsp3) is 0.0625. The molecule has 0 amide bonds. The van der Waals surface area contributed by atoms with Gasteiger partial charge in [-0.25, -0.2) is 15.0 Å². The lowest BCUT2D eigenvalue weighted by molar-refractivity contribution is 1.11. The van der Waals surface area contributed by atoms with Gasteiger partial charge in [-0.2, -0.15) is 0 Å². The maximum absolute atomic E-state index is 4.40. The van der Waals surface area contributed by atoms with E-state index in [4.69, 9.17) is 0 Å². The number of hydrogen-bond donors (Lipinski definition) is 1. The molecule has 3 heterocycles. The molecule has 4 aromatic rings. The van der Waals surface area contributed by atoms with Gasteiger partial charge in [0.15, 0.2) is 0 Å². The molecule has 0 bridgehead atoms. The summed E-state index contributed by atoms with van der Waals surface area (Å²) in [5.41, 5.74) is 2.19. The highest BCUT2D eigenvalue weighted by Crippen LogP contribution is 2.34. The Hall–Kier alpha value is -2.53. The van der Waals surface area contributed by atoms with Gasteiger partial charge in [-0.1, -0.05) is 30.3 Å². The summed E-state index contributed by atoms with van der Waals surface area (Å²) in [7, 11) is 0. The van der Waals surface area contributed by atoms with E-state index in [0.29, 0.717) is 0 Å². The Balaban J connectivity index is 1.75. The number of nitrogens with zero attached hydrogens (tertiary/aromatic N) is 3. The van der Waals surface area contributed by atoms with Crippen molar-refractivity contribution in [1.82, 2.24) is 15.0 Å². The van der Waals surface area contributed by atoms with Gasteiger partial charge in [-0.05, 0) is 17.7 Å². The number of nitrogens with one attached hydrogen (secondary N) is 1. The second-order valence-corrected chi connectivity index (χ2v) is 5.70. The van der Waals surface area contributed by atoms with E-state index >= 15 is 0 Å². The summed E-state index contributed by atoms with van der Waals surface area (Å²) in [6, 6.07) is 14.3. The minimum atomic E-state index is 0.745. The molecule has 0 unspecified atom stereocenters. The van der Waals surface area contributed by atoms with Crippen molar-refractivity contribution in [1.29, 1.82) is 0 Å². The van der Waals surface area contributed by atoms with E-state index in [9.17, 15) is 0 Å². The number of fused-ring (bicyclic) bond motifs is 3. The van der Waals surface area contributed by atoms with Gasteiger partial charge in [0.05, 0.1) is 10.2 Å². The standard InChI is InChI=1S/C16H12N4S/c1-2-5-11(6-3-1)9-18-15-14-13(19-10-20-15)12-7-4-8-17-16(12)21-14/h1-8,10H,9H2,(H,18,19,20). The Labute approximate surface area is 125 Å². The van der Waals surface area contributed by atoms with Crippen LogP contribution in [0.15, 0.2) is 55.0 Å². The van der Waals surface area contributed by atoms with Crippen molar-refractivity contribution in [2.75, 3.05) is 5.32 Å². The lowest BCUT2D eigenvalue weighted by Gasteiger charge is -2.05. The number of anilines is 1. The largest absolute Gasteiger partial charge is 0.365 e. The molecule has 0 spiro atoms. The normalized spacial score (nSPS) is 11.0. The van der Waals surface area contributed by atoms with Crippen LogP contribution in [0.1, 0.15) is 5.56 Å². The Bertz CT molecular complexity index is 902. The maximum Gasteiger partial charge on any atom is 0.147 e. The van der Waals surface area contributed by atoms with Crippen molar-refractivity contribution < 1.29 is 0 Å². The second kappa shape index (κ2) is 5.10. The lowest BCUT2D eigenvalue weighted by atomic mass is 10.2. The molecule has 0 fully saturated rings. The van der Waals surface area contributed by atoms with Crippen molar-refractivity contribution in [2.45, 2.75) is 6.54 Å². The van der Waals surface area contributed by atoms with Crippen molar-refractivity contribution in [3.8, 4) is 0 Å². The summed E-state index contributed by atoms with van der Waals surface area (Å²) in [5.74, 6) is 0.867. The molecular formula is C16H12N4S. The first-order valence-corrected chi connectivity index (χ1v) is 7.49. The third-order valence-corrected chi connectivity index (χ3v) is 4.44. The molecule has 4 rings (SSSR count). The highest BCUT2D eigenvalue weighted by Gasteiger charge is 2.11. The molecule has 4 nitrogen and oxygen atoms in total. The first-order chi connectivity index (χ1) is 10.4. The van der Waals surface area contributed by atoms with E-state index in [1.165, 1.54) is 5.56 Å². The predicted octanol–water partition coefficient (Wildman–Crippen LogP) is 3.85. The van der Waals surface area contributed by atoms with Gasteiger partial charge in [-0.3, -0.25) is 0 Å². The average molecular weight is 292 g/mol. The predicted molar refractivity (Wildman–Crippen MR) is 86.5 cm³/mol. The SMILES string of the molecule is c1ccc(CNc2ncnc3c2sc2ncccc23)cc1. The zero-order valence-corrected chi connectivity index (χ0v) is 12.0. The Kier molecular flexibility index (Phi) is 2.97. The maximum atomic E-state index is 4.40. The first-order valence-electron chi connectivity index (χ1n) is 6.68. The van der Waals surface area contributed by atoms with Crippen LogP contribution in [0.3, 0.4) is 0 Å². The highest BCUT2D eigenvalue weighted by atomic mass is 32.1. The Morgan fingerprint density at radius 2 is 1.86 bits per heavy atom. The molecule has 3 aromatic heterocycles. The molecule has 0 radical (unpaired) electrons. The lowest BCUT2D eigenvalue weighted by Crippen LogP contribution is -2.01. The molecule has 1 aromatic carbocycles. The number of hydrogen-bond acceptors (Lipinski definition) is 5. The quantitative estimate of drug-likeness (QED) is 0.623. The number of thiophene rings is 1. The Morgan fingerprint density at radius 3 is 2.76 bits per heavy atom. The van der Waals surface area contributed by atoms with E-state index in [0.717, 1.165) is 32.8 Å². The third kappa shape index (κ3) is 2.21. The number of pyridine rings is 1. The van der Waals surface area contributed by atoms with E-state index in [1.807, 2.05) is 30.5 Å². The topological polar surface area (TPSA) is 50.7 Å². The molecule has 21 heavy (non-hydrogen) atoms. The number of benzene rings is 1. The molecule has 0 saturated carbocycles. The van der Waals surface area contributed by atoms with E-state index < -0.39 is 0 Å².